The molecule has 0 aromatic rings. The first-order chi connectivity index (χ1) is 8.00. The van der Waals surface area contributed by atoms with Gasteiger partial charge in [-0.1, -0.05) is 0 Å². The van der Waals surface area contributed by atoms with E-state index in [1.54, 1.807) is 0 Å². The van der Waals surface area contributed by atoms with Gasteiger partial charge in [0.25, 0.3) is 0 Å². The lowest BCUT2D eigenvalue weighted by atomic mass is 10.4. The van der Waals surface area contributed by atoms with E-state index >= 15 is 0 Å². The van der Waals surface area contributed by atoms with Gasteiger partial charge >= 0.3 is 0 Å². The zero-order valence-electron chi connectivity index (χ0n) is 9.96. The van der Waals surface area contributed by atoms with Crippen molar-refractivity contribution < 1.29 is 8.42 Å². The number of sulfonamides is 1. The number of hydrogen-bond acceptors (Lipinski definition) is 4. The number of rotatable bonds is 2. The Labute approximate surface area is 102 Å². The minimum Gasteiger partial charge on any atom is -0.339 e. The van der Waals surface area contributed by atoms with Gasteiger partial charge in [-0.05, 0) is 12.8 Å². The summed E-state index contributed by atoms with van der Waals surface area (Å²) in [7, 11) is -3.08. The average Bonchev–Trinajstić information content (AvgIpc) is 3.09. The van der Waals surface area contributed by atoms with Gasteiger partial charge in [0.05, 0.1) is 12.3 Å². The number of aliphatic imine (C=N–C) groups is 1. The maximum Gasteiger partial charge on any atom is 0.211 e. The van der Waals surface area contributed by atoms with E-state index in [1.165, 1.54) is 10.6 Å². The third-order valence-electron chi connectivity index (χ3n) is 2.99. The molecule has 1 saturated heterocycles. The zero-order chi connectivity index (χ0) is 12.5. The summed E-state index contributed by atoms with van der Waals surface area (Å²) in [5.41, 5.74) is 2.60. The van der Waals surface area contributed by atoms with Gasteiger partial charge in [0.15, 0.2) is 0 Å². The van der Waals surface area contributed by atoms with Crippen LogP contribution in [0.25, 0.3) is 0 Å². The van der Waals surface area contributed by atoms with Crippen molar-refractivity contribution in [2.24, 2.45) is 10.8 Å². The Hall–Kier alpha value is -0.860. The molecule has 0 aromatic heterocycles. The van der Waals surface area contributed by atoms with Gasteiger partial charge in [-0.15, -0.1) is 0 Å². The summed E-state index contributed by atoms with van der Waals surface area (Å²) < 4.78 is 24.2. The molecule has 0 bridgehead atoms. The molecule has 1 aliphatic heterocycles. The van der Waals surface area contributed by atoms with E-state index in [9.17, 15) is 8.42 Å². The molecular formula is C9H19N5O2S. The molecule has 8 heteroatoms. The van der Waals surface area contributed by atoms with Crippen LogP contribution in [0.3, 0.4) is 0 Å². The molecule has 0 unspecified atom stereocenters. The maximum absolute atomic E-state index is 11.4. The minimum atomic E-state index is -3.08. The normalized spacial score (nSPS) is 23.9. The van der Waals surface area contributed by atoms with Crippen LogP contribution in [0.1, 0.15) is 12.8 Å². The Balaban J connectivity index is 1.93. The third-order valence-corrected chi connectivity index (χ3v) is 4.29. The number of guanidine groups is 1. The number of hydrazine groups is 1. The molecule has 2 aliphatic rings. The molecule has 0 atom stereocenters. The van der Waals surface area contributed by atoms with Crippen molar-refractivity contribution in [2.75, 3.05) is 32.4 Å². The molecule has 2 rings (SSSR count). The molecule has 0 amide bonds. The fraction of sp³-hybridized carbons (Fsp3) is 0.889. The predicted molar refractivity (Wildman–Crippen MR) is 65.8 cm³/mol. The molecule has 1 aliphatic carbocycles. The van der Waals surface area contributed by atoms with E-state index in [0.717, 1.165) is 12.8 Å². The van der Waals surface area contributed by atoms with Crippen LogP contribution in [-0.2, 0) is 10.0 Å². The summed E-state index contributed by atoms with van der Waals surface area (Å²) in [4.78, 5) is 6.46. The van der Waals surface area contributed by atoms with Gasteiger partial charge in [0, 0.05) is 26.2 Å². The fourth-order valence-corrected chi connectivity index (χ4v) is 2.64. The van der Waals surface area contributed by atoms with Crippen molar-refractivity contribution in [3.05, 3.63) is 0 Å². The van der Waals surface area contributed by atoms with Gasteiger partial charge in [-0.3, -0.25) is 5.43 Å². The topological polar surface area (TPSA) is 91.0 Å². The van der Waals surface area contributed by atoms with E-state index in [-0.39, 0.29) is 0 Å². The SMILES string of the molecule is CS(=O)(=O)N1CCN(C(=NC2CC2)NN)CC1. The third kappa shape index (κ3) is 3.30. The molecule has 17 heavy (non-hydrogen) atoms. The van der Waals surface area contributed by atoms with E-state index in [4.69, 9.17) is 5.84 Å². The quantitative estimate of drug-likeness (QED) is 0.274. The number of hydrogen-bond donors (Lipinski definition) is 2. The molecule has 7 nitrogen and oxygen atoms in total. The number of piperazine rings is 1. The van der Waals surface area contributed by atoms with Crippen LogP contribution in [-0.4, -0.2) is 62.1 Å². The Bertz CT molecular complexity index is 396. The highest BCUT2D eigenvalue weighted by molar-refractivity contribution is 7.88. The van der Waals surface area contributed by atoms with Crippen molar-refractivity contribution in [3.63, 3.8) is 0 Å². The van der Waals surface area contributed by atoms with E-state index in [2.05, 4.69) is 10.4 Å². The summed E-state index contributed by atoms with van der Waals surface area (Å²) in [6.45, 7) is 2.24. The lowest BCUT2D eigenvalue weighted by molar-refractivity contribution is 0.261. The fourth-order valence-electron chi connectivity index (χ4n) is 1.82. The van der Waals surface area contributed by atoms with Gasteiger partial charge < -0.3 is 4.90 Å². The lowest BCUT2D eigenvalue weighted by Gasteiger charge is -2.34. The van der Waals surface area contributed by atoms with Crippen molar-refractivity contribution in [3.8, 4) is 0 Å². The van der Waals surface area contributed by atoms with Gasteiger partial charge in [0.1, 0.15) is 0 Å². The Kier molecular flexibility index (Phi) is 3.55. The maximum atomic E-state index is 11.4. The second-order valence-corrected chi connectivity index (χ2v) is 6.46. The average molecular weight is 261 g/mol. The highest BCUT2D eigenvalue weighted by Gasteiger charge is 2.27. The monoisotopic (exact) mass is 261 g/mol. The largest absolute Gasteiger partial charge is 0.339 e. The first-order valence-corrected chi connectivity index (χ1v) is 7.60. The Morgan fingerprint density at radius 2 is 1.88 bits per heavy atom. The van der Waals surface area contributed by atoms with Crippen LogP contribution in [0, 0.1) is 0 Å². The van der Waals surface area contributed by atoms with Gasteiger partial charge in [-0.25, -0.2) is 19.3 Å². The van der Waals surface area contributed by atoms with Crippen molar-refractivity contribution >= 4 is 16.0 Å². The number of nitrogens with zero attached hydrogens (tertiary/aromatic N) is 3. The molecule has 2 fully saturated rings. The number of nitrogens with two attached hydrogens (primary N) is 1. The van der Waals surface area contributed by atoms with E-state index < -0.39 is 10.0 Å². The molecule has 0 spiro atoms. The first kappa shape index (κ1) is 12.6. The molecule has 1 heterocycles. The predicted octanol–water partition coefficient (Wildman–Crippen LogP) is -1.45. The van der Waals surface area contributed by atoms with Crippen LogP contribution in [0.4, 0.5) is 0 Å². The highest BCUT2D eigenvalue weighted by atomic mass is 32.2. The van der Waals surface area contributed by atoms with Crippen LogP contribution in [0.15, 0.2) is 4.99 Å². The summed E-state index contributed by atoms with van der Waals surface area (Å²) >= 11 is 0. The van der Waals surface area contributed by atoms with E-state index in [1.807, 2.05) is 4.90 Å². The van der Waals surface area contributed by atoms with Crippen LogP contribution < -0.4 is 11.3 Å². The number of nitrogens with one attached hydrogen (secondary N) is 1. The van der Waals surface area contributed by atoms with Crippen molar-refractivity contribution in [2.45, 2.75) is 18.9 Å². The second kappa shape index (κ2) is 4.79. The highest BCUT2D eigenvalue weighted by Crippen LogP contribution is 2.23. The summed E-state index contributed by atoms with van der Waals surface area (Å²) in [5.74, 6) is 6.13. The van der Waals surface area contributed by atoms with Crippen LogP contribution in [0.5, 0.6) is 0 Å². The first-order valence-electron chi connectivity index (χ1n) is 5.75. The second-order valence-electron chi connectivity index (χ2n) is 4.48. The molecule has 0 radical (unpaired) electrons. The van der Waals surface area contributed by atoms with E-state index in [0.29, 0.717) is 38.2 Å². The standard InChI is InChI=1S/C9H19N5O2S/c1-17(15,16)14-6-4-13(5-7-14)9(12-10)11-8-2-3-8/h8H,2-7,10H2,1H3,(H,11,12). The summed E-state index contributed by atoms with van der Waals surface area (Å²) in [6, 6.07) is 0.397. The van der Waals surface area contributed by atoms with Gasteiger partial charge in [0.2, 0.25) is 16.0 Å². The van der Waals surface area contributed by atoms with Crippen molar-refractivity contribution in [1.29, 1.82) is 0 Å². The lowest BCUT2D eigenvalue weighted by Crippen LogP contribution is -2.54. The molecule has 3 N–H and O–H groups in total. The minimum absolute atomic E-state index is 0.397. The molecule has 1 saturated carbocycles. The van der Waals surface area contributed by atoms with Gasteiger partial charge in [-0.2, -0.15) is 4.31 Å². The Morgan fingerprint density at radius 3 is 2.29 bits per heavy atom. The molecule has 0 aromatic carbocycles. The molecule has 98 valence electrons. The summed E-state index contributed by atoms with van der Waals surface area (Å²) in [5, 5.41) is 0. The Morgan fingerprint density at radius 1 is 1.29 bits per heavy atom. The van der Waals surface area contributed by atoms with Crippen LogP contribution in [0.2, 0.25) is 0 Å². The van der Waals surface area contributed by atoms with Crippen molar-refractivity contribution in [1.82, 2.24) is 14.6 Å². The molecular weight excluding hydrogens is 242 g/mol. The summed E-state index contributed by atoms with van der Waals surface area (Å²) in [6.07, 6.45) is 3.48. The zero-order valence-corrected chi connectivity index (χ0v) is 10.8. The smallest absolute Gasteiger partial charge is 0.211 e. The van der Waals surface area contributed by atoms with Crippen LogP contribution >= 0.6 is 0 Å².